The van der Waals surface area contributed by atoms with Gasteiger partial charge in [-0.3, -0.25) is 4.79 Å². The first-order chi connectivity index (χ1) is 11.8. The van der Waals surface area contributed by atoms with Crippen LogP contribution in [0.1, 0.15) is 33.3 Å². The summed E-state index contributed by atoms with van der Waals surface area (Å²) in [6.07, 6.45) is -10.1. The Morgan fingerprint density at radius 3 is 2.04 bits per heavy atom. The van der Waals surface area contributed by atoms with E-state index in [-0.39, 0.29) is 12.6 Å². The molecule has 2 aromatic rings. The minimum atomic E-state index is -5.04. The number of nitrogens with one attached hydrogen (secondary N) is 1. The van der Waals surface area contributed by atoms with Crippen LogP contribution in [0, 0.1) is 0 Å². The van der Waals surface area contributed by atoms with Gasteiger partial charge in [-0.15, -0.1) is 11.3 Å². The molecule has 1 amide bonds. The minimum Gasteiger partial charge on any atom is -0.383 e. The average Bonchev–Trinajstić information content (AvgIpc) is 3.06. The zero-order chi connectivity index (χ0) is 19.8. The normalized spacial score (nSPS) is 14.8. The molecular weight excluding hydrogens is 384 g/mol. The molecule has 0 aliphatic heterocycles. The second-order valence-electron chi connectivity index (χ2n) is 5.73. The van der Waals surface area contributed by atoms with Gasteiger partial charge in [0.15, 0.2) is 0 Å². The number of alkyl halides is 6. The number of hydrogen-bond acceptors (Lipinski definition) is 3. The summed E-state index contributed by atoms with van der Waals surface area (Å²) in [5.74, 6) is -1.15. The number of hydrogen-bond donors (Lipinski definition) is 2. The van der Waals surface area contributed by atoms with Crippen molar-refractivity contribution in [2.24, 2.45) is 0 Å². The molecule has 1 aromatic carbocycles. The van der Waals surface area contributed by atoms with E-state index in [1.165, 1.54) is 18.3 Å². The number of benzene rings is 1. The molecular formula is C16H13F6NO2S. The second kappa shape index (κ2) is 6.92. The Morgan fingerprint density at radius 1 is 1.08 bits per heavy atom. The first-order valence-electron chi connectivity index (χ1n) is 7.15. The standard InChI is InChI=1S/C16H13F6NO2S/c1-14(25,12-3-2-4-26-12)8-23-13(24)9-5-10(15(17,18)19)7-11(6-9)16(20,21)22/h2-7,25H,8H2,1H3,(H,23,24). The predicted octanol–water partition coefficient (Wildman–Crippen LogP) is 4.42. The van der Waals surface area contributed by atoms with Crippen LogP contribution in [0.4, 0.5) is 26.3 Å². The molecule has 1 heterocycles. The third-order valence-corrected chi connectivity index (χ3v) is 4.62. The van der Waals surface area contributed by atoms with E-state index in [0.29, 0.717) is 17.0 Å². The summed E-state index contributed by atoms with van der Waals surface area (Å²) in [6.45, 7) is 0.982. The van der Waals surface area contributed by atoms with Gasteiger partial charge in [-0.2, -0.15) is 26.3 Å². The molecule has 2 N–H and O–H groups in total. The molecule has 0 bridgehead atoms. The molecule has 0 radical (unpaired) electrons. The van der Waals surface area contributed by atoms with Crippen molar-refractivity contribution < 1.29 is 36.2 Å². The quantitative estimate of drug-likeness (QED) is 0.751. The SMILES string of the molecule is CC(O)(CNC(=O)c1cc(C(F)(F)F)cc(C(F)(F)F)c1)c1cccs1. The highest BCUT2D eigenvalue weighted by atomic mass is 32.1. The van der Waals surface area contributed by atoms with Crippen LogP contribution in [0.15, 0.2) is 35.7 Å². The lowest BCUT2D eigenvalue weighted by Gasteiger charge is -2.22. The van der Waals surface area contributed by atoms with E-state index in [2.05, 4.69) is 5.32 Å². The van der Waals surface area contributed by atoms with E-state index in [0.717, 1.165) is 0 Å². The van der Waals surface area contributed by atoms with Gasteiger partial charge in [0.25, 0.3) is 5.91 Å². The van der Waals surface area contributed by atoms with Crippen molar-refractivity contribution in [3.05, 3.63) is 57.3 Å². The third kappa shape index (κ3) is 4.76. The van der Waals surface area contributed by atoms with Gasteiger partial charge in [-0.05, 0) is 36.6 Å². The van der Waals surface area contributed by atoms with Crippen molar-refractivity contribution in [2.45, 2.75) is 24.9 Å². The molecule has 142 valence electrons. The van der Waals surface area contributed by atoms with Crippen LogP contribution in [0.25, 0.3) is 0 Å². The zero-order valence-corrected chi connectivity index (χ0v) is 14.0. The number of carbonyl (C=O) groups excluding carboxylic acids is 1. The Kier molecular flexibility index (Phi) is 5.39. The summed E-state index contributed by atoms with van der Waals surface area (Å²) >= 11 is 1.19. The van der Waals surface area contributed by atoms with Gasteiger partial charge in [0, 0.05) is 10.4 Å². The molecule has 0 spiro atoms. The highest BCUT2D eigenvalue weighted by molar-refractivity contribution is 7.10. The largest absolute Gasteiger partial charge is 0.416 e. The summed E-state index contributed by atoms with van der Waals surface area (Å²) in [7, 11) is 0. The fourth-order valence-electron chi connectivity index (χ4n) is 2.11. The molecule has 0 aliphatic carbocycles. The van der Waals surface area contributed by atoms with Crippen molar-refractivity contribution in [3.8, 4) is 0 Å². The van der Waals surface area contributed by atoms with E-state index in [4.69, 9.17) is 0 Å². The molecule has 1 aromatic heterocycles. The topological polar surface area (TPSA) is 49.3 Å². The summed E-state index contributed by atoms with van der Waals surface area (Å²) in [5.41, 5.74) is -5.47. The molecule has 0 fully saturated rings. The van der Waals surface area contributed by atoms with Gasteiger partial charge in [-0.25, -0.2) is 0 Å². The number of rotatable bonds is 4. The van der Waals surface area contributed by atoms with Crippen molar-refractivity contribution in [2.75, 3.05) is 6.54 Å². The van der Waals surface area contributed by atoms with Crippen molar-refractivity contribution in [3.63, 3.8) is 0 Å². The number of carbonyl (C=O) groups is 1. The molecule has 0 saturated heterocycles. The van der Waals surface area contributed by atoms with Gasteiger partial charge in [0.05, 0.1) is 17.7 Å². The average molecular weight is 397 g/mol. The molecule has 2 rings (SSSR count). The lowest BCUT2D eigenvalue weighted by atomic mass is 10.0. The second-order valence-corrected chi connectivity index (χ2v) is 6.68. The number of thiophene rings is 1. The monoisotopic (exact) mass is 397 g/mol. The van der Waals surface area contributed by atoms with Crippen LogP contribution in [0.3, 0.4) is 0 Å². The first-order valence-corrected chi connectivity index (χ1v) is 8.03. The van der Waals surface area contributed by atoms with E-state index in [1.807, 2.05) is 0 Å². The van der Waals surface area contributed by atoms with Gasteiger partial charge >= 0.3 is 12.4 Å². The van der Waals surface area contributed by atoms with Crippen LogP contribution < -0.4 is 5.32 Å². The smallest absolute Gasteiger partial charge is 0.383 e. The maximum absolute atomic E-state index is 12.8. The fourth-order valence-corrected chi connectivity index (χ4v) is 2.90. The van der Waals surface area contributed by atoms with Crippen LogP contribution >= 0.6 is 11.3 Å². The van der Waals surface area contributed by atoms with Gasteiger partial charge in [0.2, 0.25) is 0 Å². The van der Waals surface area contributed by atoms with E-state index >= 15 is 0 Å². The lowest BCUT2D eigenvalue weighted by Crippen LogP contribution is -2.38. The molecule has 26 heavy (non-hydrogen) atoms. The third-order valence-electron chi connectivity index (χ3n) is 3.50. The van der Waals surface area contributed by atoms with Crippen LogP contribution in [0.5, 0.6) is 0 Å². The van der Waals surface area contributed by atoms with Crippen LogP contribution in [-0.2, 0) is 18.0 Å². The molecule has 0 saturated carbocycles. The van der Waals surface area contributed by atoms with Gasteiger partial charge in [-0.1, -0.05) is 6.07 Å². The van der Waals surface area contributed by atoms with Crippen molar-refractivity contribution in [1.82, 2.24) is 5.32 Å². The van der Waals surface area contributed by atoms with Gasteiger partial charge in [0.1, 0.15) is 5.60 Å². The Balaban J connectivity index is 2.28. The first kappa shape index (κ1) is 20.2. The van der Waals surface area contributed by atoms with Crippen molar-refractivity contribution in [1.29, 1.82) is 0 Å². The Morgan fingerprint density at radius 2 is 1.62 bits per heavy atom. The molecule has 1 unspecified atom stereocenters. The Hall–Kier alpha value is -2.07. The van der Waals surface area contributed by atoms with Gasteiger partial charge < -0.3 is 10.4 Å². The molecule has 3 nitrogen and oxygen atoms in total. The Bertz CT molecular complexity index is 749. The number of aliphatic hydroxyl groups is 1. The summed E-state index contributed by atoms with van der Waals surface area (Å²) in [6, 6.07) is 3.86. The lowest BCUT2D eigenvalue weighted by molar-refractivity contribution is -0.143. The van der Waals surface area contributed by atoms with Crippen LogP contribution in [0.2, 0.25) is 0 Å². The molecule has 0 aliphatic rings. The molecule has 1 atom stereocenters. The summed E-state index contributed by atoms with van der Waals surface area (Å²) in [5, 5.41) is 14.1. The highest BCUT2D eigenvalue weighted by Crippen LogP contribution is 2.36. The van der Waals surface area contributed by atoms with Crippen LogP contribution in [-0.4, -0.2) is 17.6 Å². The highest BCUT2D eigenvalue weighted by Gasteiger charge is 2.37. The summed E-state index contributed by atoms with van der Waals surface area (Å²) in [4.78, 5) is 12.5. The maximum atomic E-state index is 12.8. The predicted molar refractivity (Wildman–Crippen MR) is 82.7 cm³/mol. The maximum Gasteiger partial charge on any atom is 0.416 e. The van der Waals surface area contributed by atoms with Crippen molar-refractivity contribution >= 4 is 17.2 Å². The van der Waals surface area contributed by atoms with E-state index in [1.54, 1.807) is 17.5 Å². The summed E-state index contributed by atoms with van der Waals surface area (Å²) < 4.78 is 76.9. The zero-order valence-electron chi connectivity index (χ0n) is 13.2. The molecule has 10 heteroatoms. The minimum absolute atomic E-state index is 0.0570. The van der Waals surface area contributed by atoms with E-state index < -0.39 is 40.6 Å². The fraction of sp³-hybridized carbons (Fsp3) is 0.312. The number of amides is 1. The number of halogens is 6. The Labute approximate surface area is 148 Å². The van der Waals surface area contributed by atoms with E-state index in [9.17, 15) is 36.2 Å².